The third-order valence-electron chi connectivity index (χ3n) is 5.91. The molecule has 0 nitrogen and oxygen atoms in total. The van der Waals surface area contributed by atoms with Gasteiger partial charge in [-0.2, -0.15) is 0 Å². The minimum Gasteiger partial charge on any atom is -1.00 e. The molecule has 0 N–H and O–H groups in total. The summed E-state index contributed by atoms with van der Waals surface area (Å²) in [6.07, 6.45) is 10.7. The molecule has 1 fully saturated rings. The van der Waals surface area contributed by atoms with Crippen LogP contribution in [-0.2, 0) is 21.7 Å². The molecular formula is C26H29Cl3Ti. The SMILES string of the molecule is Cc1cc(C)cc(C(c2cc(C)cc(C)c2)[C-]2CCC3CC=CC=C23)c1.[Cl-].[Cl-].[Cl-].[Ti+4]. The van der Waals surface area contributed by atoms with E-state index in [1.807, 2.05) is 0 Å². The molecule has 4 heteroatoms. The molecule has 1 unspecified atom stereocenters. The van der Waals surface area contributed by atoms with Gasteiger partial charge in [0.15, 0.2) is 0 Å². The van der Waals surface area contributed by atoms with Crippen molar-refractivity contribution in [1.29, 1.82) is 0 Å². The molecule has 1 atom stereocenters. The van der Waals surface area contributed by atoms with Crippen LogP contribution in [0.25, 0.3) is 0 Å². The summed E-state index contributed by atoms with van der Waals surface area (Å²) in [6.45, 7) is 8.89. The predicted octanol–water partition coefficient (Wildman–Crippen LogP) is -2.07. The van der Waals surface area contributed by atoms with Crippen molar-refractivity contribution >= 4 is 0 Å². The Morgan fingerprint density at radius 1 is 0.767 bits per heavy atom. The van der Waals surface area contributed by atoms with Gasteiger partial charge in [0.25, 0.3) is 0 Å². The van der Waals surface area contributed by atoms with Crippen molar-refractivity contribution in [3.05, 3.63) is 99.5 Å². The number of benzene rings is 2. The molecule has 0 spiro atoms. The third-order valence-corrected chi connectivity index (χ3v) is 5.91. The van der Waals surface area contributed by atoms with E-state index in [1.165, 1.54) is 52.6 Å². The van der Waals surface area contributed by atoms with E-state index < -0.39 is 0 Å². The van der Waals surface area contributed by atoms with Crippen molar-refractivity contribution in [3.63, 3.8) is 0 Å². The second-order valence-corrected chi connectivity index (χ2v) is 8.32. The van der Waals surface area contributed by atoms with E-state index in [1.54, 1.807) is 11.5 Å². The average Bonchev–Trinajstić information content (AvgIpc) is 2.97. The Bertz CT molecular complexity index is 809. The van der Waals surface area contributed by atoms with Gasteiger partial charge in [0, 0.05) is 0 Å². The molecule has 0 saturated heterocycles. The second-order valence-electron chi connectivity index (χ2n) is 8.32. The molecule has 0 bridgehead atoms. The molecule has 2 aromatic carbocycles. The zero-order valence-corrected chi connectivity index (χ0v) is 21.9. The topological polar surface area (TPSA) is 0 Å². The van der Waals surface area contributed by atoms with Crippen LogP contribution in [0.3, 0.4) is 0 Å². The van der Waals surface area contributed by atoms with Crippen LogP contribution in [-0.4, -0.2) is 0 Å². The Kier molecular flexibility index (Phi) is 12.2. The first-order valence-corrected chi connectivity index (χ1v) is 9.90. The van der Waals surface area contributed by atoms with E-state index in [2.05, 4.69) is 82.3 Å². The number of rotatable bonds is 3. The van der Waals surface area contributed by atoms with Crippen LogP contribution in [0.5, 0.6) is 0 Å². The summed E-state index contributed by atoms with van der Waals surface area (Å²) in [5.41, 5.74) is 9.97. The first-order chi connectivity index (χ1) is 12.5. The third kappa shape index (κ3) is 6.21. The van der Waals surface area contributed by atoms with Crippen molar-refractivity contribution in [3.8, 4) is 0 Å². The van der Waals surface area contributed by atoms with Gasteiger partial charge in [-0.1, -0.05) is 82.6 Å². The number of fused-ring (bicyclic) bond motifs is 1. The smallest absolute Gasteiger partial charge is 1.00 e. The van der Waals surface area contributed by atoms with E-state index >= 15 is 0 Å². The molecule has 158 valence electrons. The van der Waals surface area contributed by atoms with E-state index in [9.17, 15) is 0 Å². The van der Waals surface area contributed by atoms with E-state index in [-0.39, 0.29) is 58.9 Å². The summed E-state index contributed by atoms with van der Waals surface area (Å²) in [5, 5.41) is 0. The van der Waals surface area contributed by atoms with Crippen LogP contribution in [0.15, 0.2) is 60.2 Å². The van der Waals surface area contributed by atoms with Gasteiger partial charge in [-0.05, 0) is 46.0 Å². The largest absolute Gasteiger partial charge is 4.00 e. The molecule has 2 aliphatic rings. The molecule has 0 amide bonds. The van der Waals surface area contributed by atoms with Crippen LogP contribution in [0.1, 0.15) is 58.6 Å². The van der Waals surface area contributed by atoms with Crippen molar-refractivity contribution in [2.24, 2.45) is 5.92 Å². The number of allylic oxidation sites excluding steroid dienone is 4. The fourth-order valence-corrected chi connectivity index (χ4v) is 5.05. The van der Waals surface area contributed by atoms with Crippen molar-refractivity contribution in [1.82, 2.24) is 0 Å². The Morgan fingerprint density at radius 2 is 1.23 bits per heavy atom. The van der Waals surface area contributed by atoms with Gasteiger partial charge < -0.3 is 37.2 Å². The summed E-state index contributed by atoms with van der Waals surface area (Å²) in [4.78, 5) is 0. The average molecular weight is 496 g/mol. The van der Waals surface area contributed by atoms with Crippen LogP contribution in [0, 0.1) is 39.5 Å². The first-order valence-electron chi connectivity index (χ1n) is 9.90. The summed E-state index contributed by atoms with van der Waals surface area (Å²) >= 11 is 0. The van der Waals surface area contributed by atoms with Gasteiger partial charge in [0.05, 0.1) is 0 Å². The maximum atomic E-state index is 2.40. The molecule has 4 rings (SSSR count). The van der Waals surface area contributed by atoms with Gasteiger partial charge >= 0.3 is 21.7 Å². The number of hydrogen-bond donors (Lipinski definition) is 0. The Hall–Kier alpha value is -0.626. The molecule has 0 aliphatic heterocycles. The van der Waals surface area contributed by atoms with Gasteiger partial charge in [-0.25, -0.2) is 17.6 Å². The van der Waals surface area contributed by atoms with Crippen molar-refractivity contribution in [2.45, 2.75) is 52.9 Å². The van der Waals surface area contributed by atoms with Gasteiger partial charge in [-0.15, -0.1) is 12.2 Å². The number of halogens is 3. The Balaban J connectivity index is 0.00000210. The summed E-state index contributed by atoms with van der Waals surface area (Å²) in [7, 11) is 0. The Labute approximate surface area is 216 Å². The van der Waals surface area contributed by atoms with Gasteiger partial charge in [0.2, 0.25) is 0 Å². The van der Waals surface area contributed by atoms with Crippen LogP contribution in [0.2, 0.25) is 0 Å². The van der Waals surface area contributed by atoms with Crippen molar-refractivity contribution < 1.29 is 58.9 Å². The fourth-order valence-electron chi connectivity index (χ4n) is 5.05. The molecule has 0 heterocycles. The minimum absolute atomic E-state index is 0. The maximum absolute atomic E-state index is 2.40. The molecule has 30 heavy (non-hydrogen) atoms. The predicted molar refractivity (Wildman–Crippen MR) is 111 cm³/mol. The minimum atomic E-state index is 0. The zero-order chi connectivity index (χ0) is 18.3. The normalized spacial score (nSPS) is 16.5. The monoisotopic (exact) mass is 494 g/mol. The van der Waals surface area contributed by atoms with E-state index in [0.29, 0.717) is 5.92 Å². The van der Waals surface area contributed by atoms with Crippen LogP contribution < -0.4 is 37.2 Å². The first kappa shape index (κ1) is 29.4. The molecule has 2 aliphatic carbocycles. The van der Waals surface area contributed by atoms with Crippen LogP contribution >= 0.6 is 0 Å². The molecule has 2 aromatic rings. The number of hydrogen-bond acceptors (Lipinski definition) is 0. The molecular weight excluding hydrogens is 467 g/mol. The van der Waals surface area contributed by atoms with Crippen molar-refractivity contribution in [2.75, 3.05) is 0 Å². The summed E-state index contributed by atoms with van der Waals surface area (Å²) in [6, 6.07) is 14.2. The fraction of sp³-hybridized carbons (Fsp3) is 0.346. The maximum Gasteiger partial charge on any atom is 4.00 e. The number of aryl methyl sites for hydroxylation is 4. The van der Waals surface area contributed by atoms with E-state index in [0.717, 1.165) is 5.92 Å². The zero-order valence-electron chi connectivity index (χ0n) is 18.1. The molecule has 0 aromatic heterocycles. The quantitative estimate of drug-likeness (QED) is 0.339. The second kappa shape index (κ2) is 12.4. The van der Waals surface area contributed by atoms with Crippen LogP contribution in [0.4, 0.5) is 0 Å². The van der Waals surface area contributed by atoms with E-state index in [4.69, 9.17) is 0 Å². The van der Waals surface area contributed by atoms with Gasteiger partial charge in [0.1, 0.15) is 0 Å². The molecule has 0 radical (unpaired) electrons. The Morgan fingerprint density at radius 3 is 1.70 bits per heavy atom. The summed E-state index contributed by atoms with van der Waals surface area (Å²) in [5.74, 6) is 2.76. The summed E-state index contributed by atoms with van der Waals surface area (Å²) < 4.78 is 0. The standard InChI is InChI=1S/C26H29.3ClH.Ti/c1-17-11-18(2)14-22(13-17)26(23-15-19(3)12-20(4)16-23)25-10-9-21-7-5-6-8-24(21)25;;;;/h5-6,8,11-16,21,26H,7,9-10H2,1-4H3;3*1H;/q-1;;;;+4/p-3. The molecule has 1 saturated carbocycles. The van der Waals surface area contributed by atoms with Gasteiger partial charge in [-0.3, -0.25) is 0 Å².